The molecule has 30 heavy (non-hydrogen) atoms. The summed E-state index contributed by atoms with van der Waals surface area (Å²) in [5.74, 6) is -1.80. The number of carbonyl (C=O) groups excluding carboxylic acids is 2. The van der Waals surface area contributed by atoms with Gasteiger partial charge in [0.15, 0.2) is 0 Å². The van der Waals surface area contributed by atoms with Gasteiger partial charge in [0, 0.05) is 30.2 Å². The van der Waals surface area contributed by atoms with E-state index in [0.29, 0.717) is 25.1 Å². The molecule has 2 heterocycles. The number of aromatic nitrogens is 1. The molecule has 2 aliphatic rings. The van der Waals surface area contributed by atoms with E-state index in [9.17, 15) is 18.4 Å². The molecule has 4 rings (SSSR count). The third-order valence-corrected chi connectivity index (χ3v) is 5.92. The third kappa shape index (κ3) is 3.97. The molecule has 1 atom stereocenters. The number of rotatable bonds is 3. The Morgan fingerprint density at radius 3 is 2.70 bits per heavy atom. The molecule has 2 aromatic rings. The highest BCUT2D eigenvalue weighted by Crippen LogP contribution is 2.47. The molecule has 1 saturated heterocycles. The average Bonchev–Trinajstić information content (AvgIpc) is 3.01. The van der Waals surface area contributed by atoms with Gasteiger partial charge in [-0.2, -0.15) is 0 Å². The number of pyridine rings is 1. The predicted octanol–water partition coefficient (Wildman–Crippen LogP) is 4.28. The quantitative estimate of drug-likeness (QED) is 0.820. The van der Waals surface area contributed by atoms with Gasteiger partial charge in [-0.05, 0) is 63.3 Å². The Morgan fingerprint density at radius 1 is 1.20 bits per heavy atom. The SMILES string of the molecule is Cc1cccc(C(=O)N/C=C2/CCCC3(CCN(c4cc(F)cc(F)c4)C3=O)C2)n1. The van der Waals surface area contributed by atoms with E-state index in [1.165, 1.54) is 17.0 Å². The van der Waals surface area contributed by atoms with Crippen LogP contribution in [-0.4, -0.2) is 23.3 Å². The summed E-state index contributed by atoms with van der Waals surface area (Å²) < 4.78 is 27.2. The Morgan fingerprint density at radius 2 is 1.97 bits per heavy atom. The van der Waals surface area contributed by atoms with Crippen LogP contribution in [0.3, 0.4) is 0 Å². The van der Waals surface area contributed by atoms with E-state index in [4.69, 9.17) is 0 Å². The second kappa shape index (κ2) is 7.97. The van der Waals surface area contributed by atoms with Gasteiger partial charge in [0.2, 0.25) is 5.91 Å². The van der Waals surface area contributed by atoms with Crippen molar-refractivity contribution in [2.24, 2.45) is 5.41 Å². The fraction of sp³-hybridized carbons (Fsp3) is 0.348. The molecular formula is C23H23F2N3O2. The first kappa shape index (κ1) is 20.2. The first-order valence-corrected chi connectivity index (χ1v) is 10.1. The maximum Gasteiger partial charge on any atom is 0.273 e. The van der Waals surface area contributed by atoms with E-state index in [2.05, 4.69) is 10.3 Å². The number of nitrogens with one attached hydrogen (secondary N) is 1. The van der Waals surface area contributed by atoms with Crippen LogP contribution in [0.4, 0.5) is 14.5 Å². The highest BCUT2D eigenvalue weighted by atomic mass is 19.1. The lowest BCUT2D eigenvalue weighted by Crippen LogP contribution is -2.37. The summed E-state index contributed by atoms with van der Waals surface area (Å²) >= 11 is 0. The number of carbonyl (C=O) groups is 2. The molecule has 1 aliphatic carbocycles. The highest BCUT2D eigenvalue weighted by Gasteiger charge is 2.48. The topological polar surface area (TPSA) is 62.3 Å². The molecule has 1 N–H and O–H groups in total. The first-order valence-electron chi connectivity index (χ1n) is 10.1. The normalized spacial score (nSPS) is 22.7. The van der Waals surface area contributed by atoms with Crippen molar-refractivity contribution < 1.29 is 18.4 Å². The van der Waals surface area contributed by atoms with Crippen LogP contribution in [0.5, 0.6) is 0 Å². The number of allylic oxidation sites excluding steroid dienone is 1. The van der Waals surface area contributed by atoms with Crippen molar-refractivity contribution in [3.05, 3.63) is 71.2 Å². The Balaban J connectivity index is 1.48. The summed E-state index contributed by atoms with van der Waals surface area (Å²) in [7, 11) is 0. The van der Waals surface area contributed by atoms with Crippen LogP contribution in [0.2, 0.25) is 0 Å². The van der Waals surface area contributed by atoms with Gasteiger partial charge < -0.3 is 10.2 Å². The number of benzene rings is 1. The third-order valence-electron chi connectivity index (χ3n) is 5.92. The van der Waals surface area contributed by atoms with Crippen molar-refractivity contribution >= 4 is 17.5 Å². The maximum atomic E-state index is 13.6. The number of halogens is 2. The molecule has 0 radical (unpaired) electrons. The van der Waals surface area contributed by atoms with E-state index in [1.54, 1.807) is 18.3 Å². The Hall–Kier alpha value is -3.09. The van der Waals surface area contributed by atoms with E-state index in [1.807, 2.05) is 13.0 Å². The number of hydrogen-bond acceptors (Lipinski definition) is 3. The molecule has 0 bridgehead atoms. The summed E-state index contributed by atoms with van der Waals surface area (Å²) in [6, 6.07) is 8.43. The zero-order valence-corrected chi connectivity index (χ0v) is 16.8. The van der Waals surface area contributed by atoms with E-state index in [0.717, 1.165) is 36.6 Å². The fourth-order valence-corrected chi connectivity index (χ4v) is 4.46. The molecular weight excluding hydrogens is 388 g/mol. The Bertz CT molecular complexity index is 1020. The van der Waals surface area contributed by atoms with Crippen molar-refractivity contribution in [3.8, 4) is 0 Å². The minimum absolute atomic E-state index is 0.107. The van der Waals surface area contributed by atoms with Crippen LogP contribution in [0.1, 0.15) is 48.3 Å². The van der Waals surface area contributed by atoms with Gasteiger partial charge >= 0.3 is 0 Å². The lowest BCUT2D eigenvalue weighted by Gasteiger charge is -2.33. The number of anilines is 1. The van der Waals surface area contributed by atoms with Gasteiger partial charge in [-0.3, -0.25) is 9.59 Å². The van der Waals surface area contributed by atoms with Crippen LogP contribution in [-0.2, 0) is 4.79 Å². The summed E-state index contributed by atoms with van der Waals surface area (Å²) in [5.41, 5.74) is 1.76. The van der Waals surface area contributed by atoms with Crippen molar-refractivity contribution in [2.45, 2.75) is 39.0 Å². The lowest BCUT2D eigenvalue weighted by atomic mass is 9.71. The summed E-state index contributed by atoms with van der Waals surface area (Å²) in [5, 5.41) is 2.79. The molecule has 1 spiro atoms. The first-order chi connectivity index (χ1) is 14.4. The molecule has 1 aromatic heterocycles. The fourth-order valence-electron chi connectivity index (χ4n) is 4.46. The van der Waals surface area contributed by atoms with Crippen LogP contribution < -0.4 is 10.2 Å². The summed E-state index contributed by atoms with van der Waals surface area (Å²) in [6.45, 7) is 2.25. The maximum absolute atomic E-state index is 13.6. The van der Waals surface area contributed by atoms with Gasteiger partial charge in [0.05, 0.1) is 5.41 Å². The molecule has 2 amide bonds. The van der Waals surface area contributed by atoms with Crippen molar-refractivity contribution in [1.29, 1.82) is 0 Å². The molecule has 156 valence electrons. The number of hydrogen-bond donors (Lipinski definition) is 1. The number of nitrogens with zero attached hydrogens (tertiary/aromatic N) is 2. The van der Waals surface area contributed by atoms with E-state index < -0.39 is 17.0 Å². The summed E-state index contributed by atoms with van der Waals surface area (Å²) in [4.78, 5) is 31.2. The minimum Gasteiger partial charge on any atom is -0.327 e. The van der Waals surface area contributed by atoms with Crippen LogP contribution in [0.25, 0.3) is 0 Å². The Labute approximate surface area is 173 Å². The number of amides is 2. The van der Waals surface area contributed by atoms with Gasteiger partial charge in [-0.1, -0.05) is 11.6 Å². The van der Waals surface area contributed by atoms with Gasteiger partial charge in [-0.15, -0.1) is 0 Å². The zero-order chi connectivity index (χ0) is 21.3. The Kier molecular flexibility index (Phi) is 5.37. The van der Waals surface area contributed by atoms with Crippen LogP contribution in [0, 0.1) is 24.0 Å². The summed E-state index contributed by atoms with van der Waals surface area (Å²) in [6.07, 6.45) is 5.18. The molecule has 2 fully saturated rings. The van der Waals surface area contributed by atoms with Gasteiger partial charge in [0.1, 0.15) is 17.3 Å². The standard InChI is InChI=1S/C23H23F2N3O2/c1-15-4-2-6-20(27-15)21(29)26-14-16-5-3-7-23(13-16)8-9-28(22(23)30)19-11-17(24)10-18(25)12-19/h2,4,6,10-12,14H,3,5,7-9,13H2,1H3,(H,26,29)/b16-14-. The predicted molar refractivity (Wildman–Crippen MR) is 109 cm³/mol. The lowest BCUT2D eigenvalue weighted by molar-refractivity contribution is -0.126. The van der Waals surface area contributed by atoms with Crippen molar-refractivity contribution in [1.82, 2.24) is 10.3 Å². The molecule has 1 aliphatic heterocycles. The van der Waals surface area contributed by atoms with Crippen LogP contribution in [0.15, 0.2) is 48.2 Å². The monoisotopic (exact) mass is 411 g/mol. The van der Waals surface area contributed by atoms with Crippen molar-refractivity contribution in [2.75, 3.05) is 11.4 Å². The second-order valence-electron chi connectivity index (χ2n) is 8.09. The van der Waals surface area contributed by atoms with E-state index in [-0.39, 0.29) is 17.5 Å². The molecule has 1 saturated carbocycles. The molecule has 1 unspecified atom stereocenters. The van der Waals surface area contributed by atoms with Crippen LogP contribution >= 0.6 is 0 Å². The zero-order valence-electron chi connectivity index (χ0n) is 16.8. The number of aryl methyl sites for hydroxylation is 1. The van der Waals surface area contributed by atoms with Gasteiger partial charge in [-0.25, -0.2) is 13.8 Å². The molecule has 7 heteroatoms. The second-order valence-corrected chi connectivity index (χ2v) is 8.09. The molecule has 1 aromatic carbocycles. The van der Waals surface area contributed by atoms with E-state index >= 15 is 0 Å². The average molecular weight is 411 g/mol. The van der Waals surface area contributed by atoms with Crippen molar-refractivity contribution in [3.63, 3.8) is 0 Å². The molecule has 5 nitrogen and oxygen atoms in total. The minimum atomic E-state index is -0.699. The largest absolute Gasteiger partial charge is 0.327 e. The highest BCUT2D eigenvalue weighted by molar-refractivity contribution is 6.00. The smallest absolute Gasteiger partial charge is 0.273 e. The van der Waals surface area contributed by atoms with Gasteiger partial charge in [0.25, 0.3) is 5.91 Å².